The summed E-state index contributed by atoms with van der Waals surface area (Å²) in [5.74, 6) is 2.24. The average molecular weight is 392 g/mol. The molecule has 1 unspecified atom stereocenters. The maximum atomic E-state index is 12.7. The quantitative estimate of drug-likeness (QED) is 0.692. The Morgan fingerprint density at radius 1 is 1.21 bits per heavy atom. The van der Waals surface area contributed by atoms with E-state index < -0.39 is 0 Å². The normalized spacial score (nSPS) is 16.4. The summed E-state index contributed by atoms with van der Waals surface area (Å²) in [6, 6.07) is 13.4. The SMILES string of the molecule is COc1cccc(CNC(=O)C2CCCN(c3ccc(-n4cccn4)nn3)C2)c1. The van der Waals surface area contributed by atoms with Gasteiger partial charge >= 0.3 is 0 Å². The Labute approximate surface area is 169 Å². The number of amides is 1. The van der Waals surface area contributed by atoms with Crippen molar-refractivity contribution in [3.8, 4) is 11.6 Å². The largest absolute Gasteiger partial charge is 0.497 e. The van der Waals surface area contributed by atoms with Crippen LogP contribution in [-0.2, 0) is 11.3 Å². The zero-order valence-electron chi connectivity index (χ0n) is 16.4. The number of anilines is 1. The lowest BCUT2D eigenvalue weighted by Crippen LogP contribution is -2.43. The topological polar surface area (TPSA) is 85.2 Å². The number of hydrogen-bond donors (Lipinski definition) is 1. The van der Waals surface area contributed by atoms with Crippen LogP contribution in [0.25, 0.3) is 5.82 Å². The van der Waals surface area contributed by atoms with Gasteiger partial charge < -0.3 is 15.0 Å². The summed E-state index contributed by atoms with van der Waals surface area (Å²) in [5, 5.41) is 15.8. The van der Waals surface area contributed by atoms with Crippen LogP contribution in [0.5, 0.6) is 5.75 Å². The third-order valence-electron chi connectivity index (χ3n) is 5.09. The Bertz CT molecular complexity index is 942. The monoisotopic (exact) mass is 392 g/mol. The Morgan fingerprint density at radius 2 is 2.07 bits per heavy atom. The van der Waals surface area contributed by atoms with Crippen molar-refractivity contribution in [2.75, 3.05) is 25.1 Å². The van der Waals surface area contributed by atoms with Gasteiger partial charge in [-0.2, -0.15) is 5.10 Å². The fourth-order valence-corrected chi connectivity index (χ4v) is 3.53. The van der Waals surface area contributed by atoms with Gasteiger partial charge in [0.25, 0.3) is 0 Å². The molecule has 0 aliphatic carbocycles. The average Bonchev–Trinajstić information content (AvgIpc) is 3.33. The molecule has 0 bridgehead atoms. The highest BCUT2D eigenvalue weighted by Gasteiger charge is 2.26. The number of nitrogens with zero attached hydrogens (tertiary/aromatic N) is 5. The lowest BCUT2D eigenvalue weighted by atomic mass is 9.97. The van der Waals surface area contributed by atoms with Crippen molar-refractivity contribution in [3.05, 3.63) is 60.4 Å². The minimum Gasteiger partial charge on any atom is -0.497 e. The van der Waals surface area contributed by atoms with Crippen LogP contribution < -0.4 is 15.0 Å². The number of ether oxygens (including phenoxy) is 1. The fourth-order valence-electron chi connectivity index (χ4n) is 3.53. The Morgan fingerprint density at radius 3 is 2.83 bits per heavy atom. The number of piperidine rings is 1. The molecule has 0 spiro atoms. The number of hydrogen-bond acceptors (Lipinski definition) is 6. The van der Waals surface area contributed by atoms with Crippen LogP contribution in [-0.4, -0.2) is 46.1 Å². The van der Waals surface area contributed by atoms with E-state index >= 15 is 0 Å². The van der Waals surface area contributed by atoms with E-state index in [1.54, 1.807) is 18.0 Å². The van der Waals surface area contributed by atoms with Gasteiger partial charge in [0.15, 0.2) is 11.6 Å². The second-order valence-electron chi connectivity index (χ2n) is 7.05. The molecule has 0 radical (unpaired) electrons. The molecule has 1 N–H and O–H groups in total. The molecule has 1 aromatic carbocycles. The van der Waals surface area contributed by atoms with Crippen LogP contribution in [0, 0.1) is 5.92 Å². The molecule has 2 aromatic heterocycles. The van der Waals surface area contributed by atoms with Gasteiger partial charge in [-0.15, -0.1) is 10.2 Å². The zero-order valence-corrected chi connectivity index (χ0v) is 16.4. The highest BCUT2D eigenvalue weighted by molar-refractivity contribution is 5.79. The molecule has 4 rings (SSSR count). The zero-order chi connectivity index (χ0) is 20.1. The van der Waals surface area contributed by atoms with E-state index in [-0.39, 0.29) is 11.8 Å². The molecule has 1 fully saturated rings. The van der Waals surface area contributed by atoms with Crippen molar-refractivity contribution < 1.29 is 9.53 Å². The Hall–Kier alpha value is -3.42. The summed E-state index contributed by atoms with van der Waals surface area (Å²) >= 11 is 0. The minimum atomic E-state index is -0.0676. The van der Waals surface area contributed by atoms with E-state index in [2.05, 4.69) is 25.5 Å². The minimum absolute atomic E-state index is 0.0676. The summed E-state index contributed by atoms with van der Waals surface area (Å²) in [6.45, 7) is 2.00. The van der Waals surface area contributed by atoms with Crippen LogP contribution in [0.2, 0.25) is 0 Å². The Kier molecular flexibility index (Phi) is 5.69. The summed E-state index contributed by atoms with van der Waals surface area (Å²) in [7, 11) is 1.64. The van der Waals surface area contributed by atoms with Crippen molar-refractivity contribution in [1.82, 2.24) is 25.3 Å². The number of carbonyl (C=O) groups excluding carboxylic acids is 1. The van der Waals surface area contributed by atoms with E-state index in [1.165, 1.54) is 0 Å². The number of methoxy groups -OCH3 is 1. The molecule has 3 aromatic rings. The molecular formula is C21H24N6O2. The molecule has 1 aliphatic rings. The van der Waals surface area contributed by atoms with Gasteiger partial charge in [0.1, 0.15) is 5.75 Å². The van der Waals surface area contributed by atoms with Gasteiger partial charge in [0.2, 0.25) is 5.91 Å². The van der Waals surface area contributed by atoms with Crippen molar-refractivity contribution >= 4 is 11.7 Å². The fraction of sp³-hybridized carbons (Fsp3) is 0.333. The Balaban J connectivity index is 1.35. The summed E-state index contributed by atoms with van der Waals surface area (Å²) < 4.78 is 6.90. The first-order chi connectivity index (χ1) is 14.2. The third-order valence-corrected chi connectivity index (χ3v) is 5.09. The van der Waals surface area contributed by atoms with Crippen molar-refractivity contribution in [1.29, 1.82) is 0 Å². The predicted octanol–water partition coefficient (Wildman–Crippen LogP) is 2.20. The third kappa shape index (κ3) is 4.53. The van der Waals surface area contributed by atoms with Crippen LogP contribution in [0.1, 0.15) is 18.4 Å². The molecule has 1 amide bonds. The molecule has 8 heteroatoms. The van der Waals surface area contributed by atoms with Gasteiger partial charge in [0.05, 0.1) is 13.0 Å². The summed E-state index contributed by atoms with van der Waals surface area (Å²) in [5.41, 5.74) is 1.02. The second kappa shape index (κ2) is 8.72. The van der Waals surface area contributed by atoms with Gasteiger partial charge in [-0.3, -0.25) is 4.79 Å². The van der Waals surface area contributed by atoms with Crippen molar-refractivity contribution in [3.63, 3.8) is 0 Å². The summed E-state index contributed by atoms with van der Waals surface area (Å²) in [4.78, 5) is 14.8. The van der Waals surface area contributed by atoms with Crippen LogP contribution in [0.4, 0.5) is 5.82 Å². The molecule has 1 aliphatic heterocycles. The van der Waals surface area contributed by atoms with Crippen LogP contribution in [0.15, 0.2) is 54.9 Å². The first-order valence-corrected chi connectivity index (χ1v) is 9.72. The first-order valence-electron chi connectivity index (χ1n) is 9.72. The highest BCUT2D eigenvalue weighted by atomic mass is 16.5. The molecule has 0 saturated carbocycles. The number of nitrogens with one attached hydrogen (secondary N) is 1. The number of carbonyl (C=O) groups is 1. The first kappa shape index (κ1) is 18.9. The maximum absolute atomic E-state index is 12.7. The van der Waals surface area contributed by atoms with E-state index in [1.807, 2.05) is 48.7 Å². The lowest BCUT2D eigenvalue weighted by molar-refractivity contribution is -0.125. The predicted molar refractivity (Wildman–Crippen MR) is 109 cm³/mol. The van der Waals surface area contributed by atoms with Gasteiger partial charge in [-0.1, -0.05) is 12.1 Å². The second-order valence-corrected chi connectivity index (χ2v) is 7.05. The lowest BCUT2D eigenvalue weighted by Gasteiger charge is -2.32. The standard InChI is InChI=1S/C21H24N6O2/c1-29-18-7-2-5-16(13-18)14-22-21(28)17-6-3-11-26(15-17)19-8-9-20(25-24-19)27-12-4-10-23-27/h2,4-5,7-10,12-13,17H,3,6,11,14-15H2,1H3,(H,22,28). The van der Waals surface area contributed by atoms with Crippen LogP contribution in [0.3, 0.4) is 0 Å². The molecule has 1 saturated heterocycles. The number of aromatic nitrogens is 4. The highest BCUT2D eigenvalue weighted by Crippen LogP contribution is 2.22. The van der Waals surface area contributed by atoms with Gasteiger partial charge in [0, 0.05) is 32.0 Å². The van der Waals surface area contributed by atoms with E-state index in [9.17, 15) is 4.79 Å². The van der Waals surface area contributed by atoms with Gasteiger partial charge in [-0.05, 0) is 48.7 Å². The maximum Gasteiger partial charge on any atom is 0.225 e. The molecule has 29 heavy (non-hydrogen) atoms. The number of rotatable bonds is 6. The summed E-state index contributed by atoms with van der Waals surface area (Å²) in [6.07, 6.45) is 5.35. The molecular weight excluding hydrogens is 368 g/mol. The molecule has 150 valence electrons. The van der Waals surface area contributed by atoms with Gasteiger partial charge in [-0.25, -0.2) is 4.68 Å². The smallest absolute Gasteiger partial charge is 0.225 e. The van der Waals surface area contributed by atoms with E-state index in [0.717, 1.165) is 36.5 Å². The van der Waals surface area contributed by atoms with Crippen LogP contribution >= 0.6 is 0 Å². The van der Waals surface area contributed by atoms with Crippen molar-refractivity contribution in [2.24, 2.45) is 5.92 Å². The van der Waals surface area contributed by atoms with E-state index in [0.29, 0.717) is 18.9 Å². The molecule has 3 heterocycles. The molecule has 8 nitrogen and oxygen atoms in total. The van der Waals surface area contributed by atoms with Crippen molar-refractivity contribution in [2.45, 2.75) is 19.4 Å². The molecule has 1 atom stereocenters. The number of benzene rings is 1. The van der Waals surface area contributed by atoms with E-state index in [4.69, 9.17) is 4.74 Å².